The van der Waals surface area contributed by atoms with E-state index in [1.807, 2.05) is 39.8 Å². The van der Waals surface area contributed by atoms with Gasteiger partial charge in [-0.1, -0.05) is 0 Å². The van der Waals surface area contributed by atoms with Crippen molar-refractivity contribution in [3.63, 3.8) is 0 Å². The molecule has 0 spiro atoms. The van der Waals surface area contributed by atoms with E-state index in [-0.39, 0.29) is 4.75 Å². The first-order valence-electron chi connectivity index (χ1n) is 4.90. The quantitative estimate of drug-likeness (QED) is 0.788. The second-order valence-corrected chi connectivity index (χ2v) is 7.20. The van der Waals surface area contributed by atoms with Gasteiger partial charge in [0.25, 0.3) is 0 Å². The van der Waals surface area contributed by atoms with E-state index >= 15 is 0 Å². The van der Waals surface area contributed by atoms with E-state index in [9.17, 15) is 4.21 Å². The first kappa shape index (κ1) is 13.5. The van der Waals surface area contributed by atoms with Crippen LogP contribution >= 0.6 is 15.9 Å². The molecule has 0 fully saturated rings. The molecule has 0 saturated heterocycles. The number of pyridine rings is 1. The predicted octanol–water partition coefficient (Wildman–Crippen LogP) is 3.03. The summed E-state index contributed by atoms with van der Waals surface area (Å²) in [6.07, 6.45) is 1.55. The number of aromatic nitrogens is 1. The van der Waals surface area contributed by atoms with Crippen molar-refractivity contribution >= 4 is 33.1 Å². The minimum absolute atomic E-state index is 0.340. The molecule has 5 heteroatoms. The van der Waals surface area contributed by atoms with Gasteiger partial charge >= 0.3 is 0 Å². The van der Waals surface area contributed by atoms with Crippen molar-refractivity contribution in [3.05, 3.63) is 28.0 Å². The molecule has 1 aromatic rings. The number of aryl methyl sites for hydroxylation is 1. The summed E-state index contributed by atoms with van der Waals surface area (Å²) in [7, 11) is -1.24. The Morgan fingerprint density at radius 3 is 2.62 bits per heavy atom. The number of hydrogen-bond acceptors (Lipinski definition) is 2. The van der Waals surface area contributed by atoms with Gasteiger partial charge in [0.2, 0.25) is 0 Å². The summed E-state index contributed by atoms with van der Waals surface area (Å²) in [5.41, 5.74) is 1.61. The molecule has 0 radical (unpaired) electrons. The van der Waals surface area contributed by atoms with E-state index < -0.39 is 11.0 Å². The molecule has 0 saturated carbocycles. The van der Waals surface area contributed by atoms with Crippen molar-refractivity contribution < 1.29 is 4.21 Å². The normalized spacial score (nSPS) is 14.3. The van der Waals surface area contributed by atoms with Crippen molar-refractivity contribution in [2.45, 2.75) is 32.4 Å². The number of rotatable bonds is 2. The smallest absolute Gasteiger partial charge is 0.144 e. The van der Waals surface area contributed by atoms with Gasteiger partial charge in [0.1, 0.15) is 11.0 Å². The molecule has 0 aliphatic heterocycles. The minimum Gasteiger partial charge on any atom is -0.251 e. The second-order valence-electron chi connectivity index (χ2n) is 4.42. The lowest BCUT2D eigenvalue weighted by Gasteiger charge is -2.12. The maximum atomic E-state index is 11.7. The summed E-state index contributed by atoms with van der Waals surface area (Å²) < 4.78 is 16.2. The second kappa shape index (κ2) is 5.19. The van der Waals surface area contributed by atoms with Gasteiger partial charge in [0, 0.05) is 10.2 Å². The molecule has 3 nitrogen and oxygen atoms in total. The predicted molar refractivity (Wildman–Crippen MR) is 72.2 cm³/mol. The lowest BCUT2D eigenvalue weighted by molar-refractivity contribution is 0.651. The van der Waals surface area contributed by atoms with Gasteiger partial charge < -0.3 is 0 Å². The number of halogens is 1. The van der Waals surface area contributed by atoms with Crippen molar-refractivity contribution in [1.29, 1.82) is 0 Å². The van der Waals surface area contributed by atoms with Gasteiger partial charge in [0.15, 0.2) is 0 Å². The summed E-state index contributed by atoms with van der Waals surface area (Å²) >= 11 is 3.38. The molecule has 1 aromatic heterocycles. The van der Waals surface area contributed by atoms with Gasteiger partial charge in [-0.2, -0.15) is 4.40 Å². The van der Waals surface area contributed by atoms with Crippen LogP contribution in [-0.4, -0.2) is 20.2 Å². The molecule has 0 aliphatic rings. The Morgan fingerprint density at radius 2 is 2.06 bits per heavy atom. The molecule has 1 atom stereocenters. The molecule has 0 bridgehead atoms. The van der Waals surface area contributed by atoms with E-state index in [1.54, 1.807) is 6.21 Å². The van der Waals surface area contributed by atoms with Crippen LogP contribution in [0.25, 0.3) is 0 Å². The lowest BCUT2D eigenvalue weighted by Crippen LogP contribution is -2.19. The fourth-order valence-electron chi connectivity index (χ4n) is 0.906. The van der Waals surface area contributed by atoms with Crippen LogP contribution in [0, 0.1) is 6.92 Å². The topological polar surface area (TPSA) is 42.3 Å². The average molecular weight is 303 g/mol. The highest BCUT2D eigenvalue weighted by atomic mass is 79.9. The van der Waals surface area contributed by atoms with Gasteiger partial charge in [-0.15, -0.1) is 0 Å². The van der Waals surface area contributed by atoms with E-state index in [4.69, 9.17) is 0 Å². The van der Waals surface area contributed by atoms with Crippen LogP contribution in [0.3, 0.4) is 0 Å². The molecule has 0 aromatic carbocycles. The van der Waals surface area contributed by atoms with Crippen molar-refractivity contribution in [3.8, 4) is 0 Å². The Labute approximate surface area is 107 Å². The summed E-state index contributed by atoms with van der Waals surface area (Å²) in [5, 5.41) is 0. The third kappa shape index (κ3) is 3.79. The van der Waals surface area contributed by atoms with Crippen LogP contribution in [0.5, 0.6) is 0 Å². The highest BCUT2D eigenvalue weighted by Gasteiger charge is 2.18. The molecule has 16 heavy (non-hydrogen) atoms. The fraction of sp³-hybridized carbons (Fsp3) is 0.455. The zero-order valence-corrected chi connectivity index (χ0v) is 12.2. The van der Waals surface area contributed by atoms with Crippen molar-refractivity contribution in [1.82, 2.24) is 4.98 Å². The highest BCUT2D eigenvalue weighted by molar-refractivity contribution is 9.10. The summed E-state index contributed by atoms with van der Waals surface area (Å²) in [5.74, 6) is 0. The van der Waals surface area contributed by atoms with Gasteiger partial charge in [-0.05, 0) is 55.8 Å². The van der Waals surface area contributed by atoms with E-state index in [2.05, 4.69) is 25.3 Å². The Bertz CT molecular complexity index is 438. The maximum Gasteiger partial charge on any atom is 0.144 e. The molecular weight excluding hydrogens is 288 g/mol. The molecule has 0 N–H and O–H groups in total. The molecule has 0 aliphatic carbocycles. The Balaban J connectivity index is 2.93. The average Bonchev–Trinajstić information content (AvgIpc) is 2.17. The lowest BCUT2D eigenvalue weighted by atomic mass is 10.3. The number of hydrogen-bond donors (Lipinski definition) is 0. The summed E-state index contributed by atoms with van der Waals surface area (Å²) in [6.45, 7) is 7.57. The highest BCUT2D eigenvalue weighted by Crippen LogP contribution is 2.15. The molecule has 1 rings (SSSR count). The van der Waals surface area contributed by atoms with Crippen LogP contribution in [-0.2, 0) is 11.0 Å². The maximum absolute atomic E-state index is 11.7. The zero-order valence-electron chi connectivity index (χ0n) is 9.82. The van der Waals surface area contributed by atoms with Crippen LogP contribution < -0.4 is 0 Å². The van der Waals surface area contributed by atoms with Crippen LogP contribution in [0.1, 0.15) is 32.2 Å². The van der Waals surface area contributed by atoms with E-state index in [0.29, 0.717) is 5.69 Å². The first-order valence-corrected chi connectivity index (χ1v) is 6.80. The summed E-state index contributed by atoms with van der Waals surface area (Å²) in [6, 6.07) is 3.81. The van der Waals surface area contributed by atoms with E-state index in [0.717, 1.165) is 10.2 Å². The molecule has 0 unspecified atom stereocenters. The van der Waals surface area contributed by atoms with E-state index in [1.165, 1.54) is 0 Å². The number of nitrogens with zero attached hydrogens (tertiary/aromatic N) is 2. The molecule has 88 valence electrons. The van der Waals surface area contributed by atoms with Gasteiger partial charge in [-0.25, -0.2) is 4.21 Å². The Hall–Kier alpha value is -0.550. The van der Waals surface area contributed by atoms with Gasteiger partial charge in [-0.3, -0.25) is 4.98 Å². The zero-order chi connectivity index (χ0) is 12.3. The molecule has 0 amide bonds. The van der Waals surface area contributed by atoms with Crippen molar-refractivity contribution in [2.24, 2.45) is 4.40 Å². The third-order valence-corrected chi connectivity index (χ3v) is 3.82. The monoisotopic (exact) mass is 302 g/mol. The molecule has 1 heterocycles. The summed E-state index contributed by atoms with van der Waals surface area (Å²) in [4.78, 5) is 4.30. The molecular formula is C11H15BrN2OS. The fourth-order valence-corrected chi connectivity index (χ4v) is 1.74. The van der Waals surface area contributed by atoms with Crippen LogP contribution in [0.2, 0.25) is 0 Å². The minimum atomic E-state index is -1.24. The largest absolute Gasteiger partial charge is 0.251 e. The Kier molecular flexibility index (Phi) is 4.38. The van der Waals surface area contributed by atoms with Crippen LogP contribution in [0.15, 0.2) is 21.0 Å². The van der Waals surface area contributed by atoms with Crippen molar-refractivity contribution in [2.75, 3.05) is 0 Å². The SMILES string of the molecule is Cc1ccc(Br)c(C=N[S@@](=O)C(C)(C)C)n1. The first-order chi connectivity index (χ1) is 7.30. The Morgan fingerprint density at radius 1 is 1.44 bits per heavy atom. The standard InChI is InChI=1S/C11H15BrN2OS/c1-8-5-6-9(12)10(14-8)7-13-16(15)11(2,3)4/h5-7H,1-4H3/t16-/m0/s1. The van der Waals surface area contributed by atoms with Gasteiger partial charge in [0.05, 0.1) is 16.7 Å². The third-order valence-electron chi connectivity index (χ3n) is 1.81. The van der Waals surface area contributed by atoms with Crippen LogP contribution in [0.4, 0.5) is 0 Å².